The Kier molecular flexibility index (Phi) is 4.81. The summed E-state index contributed by atoms with van der Waals surface area (Å²) in [5, 5.41) is 11.1. The Hall–Kier alpha value is -2.02. The van der Waals surface area contributed by atoms with Crippen molar-refractivity contribution in [1.82, 2.24) is 20.5 Å². The summed E-state index contributed by atoms with van der Waals surface area (Å²) in [6.45, 7) is 1.95. The minimum Gasteiger partial charge on any atom is -0.497 e. The number of methoxy groups -OCH3 is 1. The molecule has 6 rings (SSSR count). The average molecular weight is 413 g/mol. The van der Waals surface area contributed by atoms with Gasteiger partial charge in [-0.15, -0.1) is 5.10 Å². The molecule has 4 fully saturated rings. The quantitative estimate of drug-likeness (QED) is 0.700. The molecule has 2 N–H and O–H groups in total. The summed E-state index contributed by atoms with van der Waals surface area (Å²) in [4.78, 5) is 17.5. The number of H-pyrrole nitrogens is 1. The van der Waals surface area contributed by atoms with E-state index in [1.165, 1.54) is 50.3 Å². The maximum atomic E-state index is 13.0. The SMILES string of the molecule is COc1ccc(-c2nc(S[C@H](C)C(=O)NC34CC5CC(CC(C5)C3)C4)n[nH]2)cc1. The standard InChI is InChI=1S/C22H28N4O2S/c1-13(20(27)24-22-10-14-7-15(11-22)9-16(8-14)12-22)29-21-23-19(25-26-21)17-3-5-18(28-2)6-4-17/h3-6,13-16H,7-12H2,1-2H3,(H,24,27)(H,23,25,26)/t13-,14?,15?,16?,22?/m1/s1. The van der Waals surface area contributed by atoms with Gasteiger partial charge in [-0.05, 0) is 87.5 Å². The van der Waals surface area contributed by atoms with E-state index in [9.17, 15) is 4.79 Å². The monoisotopic (exact) mass is 412 g/mol. The van der Waals surface area contributed by atoms with Gasteiger partial charge in [0.15, 0.2) is 5.82 Å². The maximum absolute atomic E-state index is 13.0. The zero-order chi connectivity index (χ0) is 20.0. The first-order valence-electron chi connectivity index (χ1n) is 10.6. The van der Waals surface area contributed by atoms with E-state index in [4.69, 9.17) is 4.74 Å². The maximum Gasteiger partial charge on any atom is 0.233 e. The van der Waals surface area contributed by atoms with Crippen LogP contribution in [-0.2, 0) is 4.79 Å². The van der Waals surface area contributed by atoms with E-state index >= 15 is 0 Å². The van der Waals surface area contributed by atoms with Gasteiger partial charge < -0.3 is 10.1 Å². The molecule has 6 nitrogen and oxygen atoms in total. The fourth-order valence-corrected chi connectivity index (χ4v) is 6.74. The second kappa shape index (κ2) is 7.35. The van der Waals surface area contributed by atoms with Gasteiger partial charge in [-0.25, -0.2) is 4.98 Å². The van der Waals surface area contributed by atoms with Crippen molar-refractivity contribution in [2.75, 3.05) is 7.11 Å². The first-order chi connectivity index (χ1) is 14.0. The van der Waals surface area contributed by atoms with Crippen molar-refractivity contribution >= 4 is 17.7 Å². The number of thioether (sulfide) groups is 1. The molecule has 4 saturated carbocycles. The molecule has 0 saturated heterocycles. The average Bonchev–Trinajstić information content (AvgIpc) is 3.15. The molecule has 0 spiro atoms. The predicted octanol–water partition coefficient (Wildman–Crippen LogP) is 4.05. The van der Waals surface area contributed by atoms with Gasteiger partial charge in [-0.3, -0.25) is 9.89 Å². The molecule has 2 aromatic rings. The van der Waals surface area contributed by atoms with E-state index in [1.54, 1.807) is 7.11 Å². The second-order valence-corrected chi connectivity index (χ2v) is 10.5. The summed E-state index contributed by atoms with van der Waals surface area (Å²) in [5.74, 6) is 4.09. The van der Waals surface area contributed by atoms with Gasteiger partial charge in [0.1, 0.15) is 5.75 Å². The Balaban J connectivity index is 1.22. The third-order valence-electron chi connectivity index (χ3n) is 6.91. The number of benzene rings is 1. The molecule has 1 aromatic carbocycles. The van der Waals surface area contributed by atoms with Gasteiger partial charge in [0.2, 0.25) is 11.1 Å². The molecule has 0 aliphatic heterocycles. The number of aromatic nitrogens is 3. The first-order valence-corrected chi connectivity index (χ1v) is 11.5. The van der Waals surface area contributed by atoms with Crippen molar-refractivity contribution in [3.8, 4) is 17.1 Å². The van der Waals surface area contributed by atoms with Crippen LogP contribution >= 0.6 is 11.8 Å². The molecule has 7 heteroatoms. The molecule has 4 aliphatic carbocycles. The summed E-state index contributed by atoms with van der Waals surface area (Å²) in [6, 6.07) is 7.67. The van der Waals surface area contributed by atoms with Crippen LogP contribution in [-0.4, -0.2) is 39.0 Å². The number of hydrogen-bond donors (Lipinski definition) is 2. The molecule has 29 heavy (non-hydrogen) atoms. The molecule has 4 bridgehead atoms. The lowest BCUT2D eigenvalue weighted by Crippen LogP contribution is -2.60. The van der Waals surface area contributed by atoms with Crippen molar-refractivity contribution < 1.29 is 9.53 Å². The van der Waals surface area contributed by atoms with E-state index in [0.29, 0.717) is 11.0 Å². The largest absolute Gasteiger partial charge is 0.497 e. The first kappa shape index (κ1) is 19.0. The molecule has 1 aromatic heterocycles. The molecular formula is C22H28N4O2S. The van der Waals surface area contributed by atoms with Gasteiger partial charge >= 0.3 is 0 Å². The lowest BCUT2D eigenvalue weighted by molar-refractivity contribution is -0.126. The van der Waals surface area contributed by atoms with Gasteiger partial charge in [0, 0.05) is 11.1 Å². The van der Waals surface area contributed by atoms with Crippen molar-refractivity contribution in [2.45, 2.75) is 61.4 Å². The molecule has 154 valence electrons. The number of hydrogen-bond acceptors (Lipinski definition) is 5. The zero-order valence-electron chi connectivity index (χ0n) is 17.0. The number of rotatable bonds is 6. The van der Waals surface area contributed by atoms with Crippen LogP contribution in [0.25, 0.3) is 11.4 Å². The van der Waals surface area contributed by atoms with Crippen LogP contribution in [0.2, 0.25) is 0 Å². The van der Waals surface area contributed by atoms with E-state index in [2.05, 4.69) is 20.5 Å². The predicted molar refractivity (Wildman–Crippen MR) is 113 cm³/mol. The Labute approximate surface area is 175 Å². The highest BCUT2D eigenvalue weighted by Crippen LogP contribution is 2.55. The highest BCUT2D eigenvalue weighted by atomic mass is 32.2. The Morgan fingerprint density at radius 1 is 1.17 bits per heavy atom. The minimum absolute atomic E-state index is 0.0495. The van der Waals surface area contributed by atoms with Gasteiger partial charge in [0.25, 0.3) is 0 Å². The van der Waals surface area contributed by atoms with Gasteiger partial charge in [-0.1, -0.05) is 11.8 Å². The number of nitrogens with one attached hydrogen (secondary N) is 2. The van der Waals surface area contributed by atoms with E-state index < -0.39 is 0 Å². The Bertz CT molecular complexity index is 859. The van der Waals surface area contributed by atoms with Gasteiger partial charge in [-0.2, -0.15) is 0 Å². The van der Waals surface area contributed by atoms with Crippen molar-refractivity contribution in [1.29, 1.82) is 0 Å². The van der Waals surface area contributed by atoms with Crippen LogP contribution in [0.4, 0.5) is 0 Å². The summed E-state index contributed by atoms with van der Waals surface area (Å²) in [7, 11) is 1.65. The summed E-state index contributed by atoms with van der Waals surface area (Å²) in [6.07, 6.45) is 7.65. The number of nitrogens with zero attached hydrogens (tertiary/aromatic N) is 2. The molecule has 1 heterocycles. The molecule has 0 unspecified atom stereocenters. The smallest absolute Gasteiger partial charge is 0.233 e. The number of amides is 1. The molecule has 1 amide bonds. The van der Waals surface area contributed by atoms with E-state index in [0.717, 1.165) is 29.1 Å². The summed E-state index contributed by atoms with van der Waals surface area (Å²) in [5.41, 5.74) is 0.990. The molecular weight excluding hydrogens is 384 g/mol. The fraction of sp³-hybridized carbons (Fsp3) is 0.591. The van der Waals surface area contributed by atoms with Crippen LogP contribution in [0.15, 0.2) is 29.4 Å². The van der Waals surface area contributed by atoms with Crippen molar-refractivity contribution in [3.63, 3.8) is 0 Å². The van der Waals surface area contributed by atoms with E-state index in [-0.39, 0.29) is 16.7 Å². The minimum atomic E-state index is -0.220. The Morgan fingerprint density at radius 2 is 1.79 bits per heavy atom. The van der Waals surface area contributed by atoms with Crippen LogP contribution in [0.5, 0.6) is 5.75 Å². The molecule has 4 aliphatic rings. The van der Waals surface area contributed by atoms with Crippen molar-refractivity contribution in [3.05, 3.63) is 24.3 Å². The second-order valence-electron chi connectivity index (χ2n) is 9.14. The number of aromatic amines is 1. The zero-order valence-corrected chi connectivity index (χ0v) is 17.8. The highest BCUT2D eigenvalue weighted by Gasteiger charge is 2.51. The number of carbonyl (C=O) groups is 1. The van der Waals surface area contributed by atoms with E-state index in [1.807, 2.05) is 31.2 Å². The van der Waals surface area contributed by atoms with Crippen LogP contribution in [0, 0.1) is 17.8 Å². The Morgan fingerprint density at radius 3 is 2.38 bits per heavy atom. The molecule has 0 radical (unpaired) electrons. The lowest BCUT2D eigenvalue weighted by Gasteiger charge is -2.57. The highest BCUT2D eigenvalue weighted by molar-refractivity contribution is 8.00. The normalized spacial score (nSPS) is 30.9. The third-order valence-corrected chi connectivity index (χ3v) is 7.87. The third kappa shape index (κ3) is 3.77. The number of carbonyl (C=O) groups excluding carboxylic acids is 1. The molecule has 1 atom stereocenters. The van der Waals surface area contributed by atoms with Crippen molar-refractivity contribution in [2.24, 2.45) is 17.8 Å². The van der Waals surface area contributed by atoms with Crippen LogP contribution in [0.3, 0.4) is 0 Å². The fourth-order valence-electron chi connectivity index (χ4n) is 6.02. The lowest BCUT2D eigenvalue weighted by atomic mass is 9.53. The van der Waals surface area contributed by atoms with Gasteiger partial charge in [0.05, 0.1) is 12.4 Å². The summed E-state index contributed by atoms with van der Waals surface area (Å²) >= 11 is 1.41. The van der Waals surface area contributed by atoms with Crippen LogP contribution < -0.4 is 10.1 Å². The van der Waals surface area contributed by atoms with Crippen LogP contribution in [0.1, 0.15) is 45.4 Å². The number of ether oxygens (including phenoxy) is 1. The topological polar surface area (TPSA) is 79.9 Å². The summed E-state index contributed by atoms with van der Waals surface area (Å²) < 4.78 is 5.19.